The molecule has 0 saturated carbocycles. The predicted molar refractivity (Wildman–Crippen MR) is 112 cm³/mol. The fourth-order valence-electron chi connectivity index (χ4n) is 3.38. The standard InChI is InChI=1S/C23H21NO5/c1-27-23(26)9-7-16-4-2-3-5-18(16)17-6-8-21-19(14-17)20(25)15-22(29-21)24-10-12-28-13-11-24/h2-9,14-15H,10-13H2,1H3/b9-7+. The van der Waals surface area contributed by atoms with Crippen molar-refractivity contribution in [2.75, 3.05) is 38.3 Å². The Morgan fingerprint density at radius 3 is 2.69 bits per heavy atom. The first kappa shape index (κ1) is 19.0. The van der Waals surface area contributed by atoms with E-state index >= 15 is 0 Å². The molecule has 1 saturated heterocycles. The molecule has 0 amide bonds. The van der Waals surface area contributed by atoms with Gasteiger partial charge < -0.3 is 18.8 Å². The van der Waals surface area contributed by atoms with Gasteiger partial charge in [-0.2, -0.15) is 0 Å². The monoisotopic (exact) mass is 391 g/mol. The van der Waals surface area contributed by atoms with E-state index in [4.69, 9.17) is 9.15 Å². The molecule has 4 rings (SSSR count). The minimum absolute atomic E-state index is 0.0859. The van der Waals surface area contributed by atoms with Gasteiger partial charge in [-0.15, -0.1) is 0 Å². The lowest BCUT2D eigenvalue weighted by Crippen LogP contribution is -2.36. The molecule has 0 unspecified atom stereocenters. The molecule has 1 aliphatic rings. The summed E-state index contributed by atoms with van der Waals surface area (Å²) in [5.41, 5.74) is 3.09. The molecule has 0 radical (unpaired) electrons. The normalized spacial score (nSPS) is 14.4. The first-order valence-electron chi connectivity index (χ1n) is 9.42. The molecule has 6 heteroatoms. The van der Waals surface area contributed by atoms with Crippen molar-refractivity contribution in [3.8, 4) is 11.1 Å². The highest BCUT2D eigenvalue weighted by molar-refractivity contribution is 5.90. The van der Waals surface area contributed by atoms with Crippen molar-refractivity contribution in [1.82, 2.24) is 0 Å². The van der Waals surface area contributed by atoms with Gasteiger partial charge in [-0.1, -0.05) is 30.3 Å². The van der Waals surface area contributed by atoms with Crippen LogP contribution < -0.4 is 10.3 Å². The number of esters is 1. The Kier molecular flexibility index (Phi) is 5.44. The van der Waals surface area contributed by atoms with E-state index in [0.717, 1.165) is 16.7 Å². The number of hydrogen-bond donors (Lipinski definition) is 0. The van der Waals surface area contributed by atoms with Crippen molar-refractivity contribution in [3.05, 3.63) is 70.4 Å². The van der Waals surface area contributed by atoms with Crippen LogP contribution in [0.2, 0.25) is 0 Å². The highest BCUT2D eigenvalue weighted by Crippen LogP contribution is 2.28. The third-order valence-corrected chi connectivity index (χ3v) is 4.91. The smallest absolute Gasteiger partial charge is 0.330 e. The molecule has 1 aliphatic heterocycles. The second kappa shape index (κ2) is 8.32. The predicted octanol–water partition coefficient (Wildman–Crippen LogP) is 3.48. The Morgan fingerprint density at radius 1 is 1.10 bits per heavy atom. The lowest BCUT2D eigenvalue weighted by molar-refractivity contribution is -0.134. The van der Waals surface area contributed by atoms with Gasteiger partial charge in [0.2, 0.25) is 0 Å². The highest BCUT2D eigenvalue weighted by atomic mass is 16.5. The summed E-state index contributed by atoms with van der Waals surface area (Å²) in [6.07, 6.45) is 3.08. The summed E-state index contributed by atoms with van der Waals surface area (Å²) in [4.78, 5) is 26.2. The third-order valence-electron chi connectivity index (χ3n) is 4.91. The number of rotatable bonds is 4. The Bertz CT molecular complexity index is 1130. The second-order valence-electron chi connectivity index (χ2n) is 6.70. The minimum atomic E-state index is -0.422. The van der Waals surface area contributed by atoms with Crippen LogP contribution in [0.15, 0.2) is 63.8 Å². The van der Waals surface area contributed by atoms with E-state index in [-0.39, 0.29) is 5.43 Å². The van der Waals surface area contributed by atoms with E-state index in [1.165, 1.54) is 13.2 Å². The van der Waals surface area contributed by atoms with Gasteiger partial charge in [-0.05, 0) is 34.9 Å². The third kappa shape index (κ3) is 4.07. The summed E-state index contributed by atoms with van der Waals surface area (Å²) >= 11 is 0. The maximum atomic E-state index is 12.8. The van der Waals surface area contributed by atoms with Gasteiger partial charge in [0.05, 0.1) is 25.7 Å². The number of carbonyl (C=O) groups excluding carboxylic acids is 1. The lowest BCUT2D eigenvalue weighted by Gasteiger charge is -2.27. The molecule has 2 aromatic carbocycles. The van der Waals surface area contributed by atoms with E-state index < -0.39 is 5.97 Å². The van der Waals surface area contributed by atoms with Gasteiger partial charge >= 0.3 is 5.97 Å². The van der Waals surface area contributed by atoms with Crippen LogP contribution in [0.3, 0.4) is 0 Å². The molecule has 6 nitrogen and oxygen atoms in total. The van der Waals surface area contributed by atoms with Crippen LogP contribution in [-0.4, -0.2) is 39.4 Å². The van der Waals surface area contributed by atoms with Crippen LogP contribution in [0.5, 0.6) is 0 Å². The zero-order chi connectivity index (χ0) is 20.2. The van der Waals surface area contributed by atoms with Crippen molar-refractivity contribution in [2.24, 2.45) is 0 Å². The van der Waals surface area contributed by atoms with Gasteiger partial charge in [0.1, 0.15) is 5.58 Å². The number of ether oxygens (including phenoxy) is 2. The second-order valence-corrected chi connectivity index (χ2v) is 6.70. The molecule has 0 bridgehead atoms. The van der Waals surface area contributed by atoms with Gasteiger partial charge in [-0.3, -0.25) is 4.79 Å². The van der Waals surface area contributed by atoms with Crippen LogP contribution in [0.1, 0.15) is 5.56 Å². The first-order valence-corrected chi connectivity index (χ1v) is 9.42. The van der Waals surface area contributed by atoms with Crippen molar-refractivity contribution in [1.29, 1.82) is 0 Å². The molecule has 0 spiro atoms. The van der Waals surface area contributed by atoms with Crippen LogP contribution in [0.4, 0.5) is 5.88 Å². The number of methoxy groups -OCH3 is 1. The van der Waals surface area contributed by atoms with E-state index in [9.17, 15) is 9.59 Å². The number of fused-ring (bicyclic) bond motifs is 1. The summed E-state index contributed by atoms with van der Waals surface area (Å²) in [6.45, 7) is 2.64. The Hall–Kier alpha value is -3.38. The van der Waals surface area contributed by atoms with E-state index in [1.807, 2.05) is 47.4 Å². The topological polar surface area (TPSA) is 69.0 Å². The summed E-state index contributed by atoms with van der Waals surface area (Å²) in [5, 5.41) is 0.520. The quantitative estimate of drug-likeness (QED) is 0.501. The zero-order valence-corrected chi connectivity index (χ0v) is 16.1. The van der Waals surface area contributed by atoms with Crippen LogP contribution >= 0.6 is 0 Å². The summed E-state index contributed by atoms with van der Waals surface area (Å²) in [6, 6.07) is 14.8. The van der Waals surface area contributed by atoms with Crippen molar-refractivity contribution in [3.63, 3.8) is 0 Å². The van der Waals surface area contributed by atoms with Gasteiger partial charge in [0.15, 0.2) is 11.3 Å². The number of nitrogens with zero attached hydrogens (tertiary/aromatic N) is 1. The molecule has 0 aliphatic carbocycles. The zero-order valence-electron chi connectivity index (χ0n) is 16.1. The first-order chi connectivity index (χ1) is 14.2. The summed E-state index contributed by atoms with van der Waals surface area (Å²) in [5.74, 6) is 0.148. The minimum Gasteiger partial charge on any atom is -0.466 e. The van der Waals surface area contributed by atoms with Gasteiger partial charge in [0, 0.05) is 25.2 Å². The number of hydrogen-bond acceptors (Lipinski definition) is 6. The number of benzene rings is 2. The maximum absolute atomic E-state index is 12.8. The molecule has 0 N–H and O–H groups in total. The molecule has 3 aromatic rings. The van der Waals surface area contributed by atoms with Gasteiger partial charge in [0.25, 0.3) is 0 Å². The Morgan fingerprint density at radius 2 is 1.90 bits per heavy atom. The van der Waals surface area contributed by atoms with Crippen molar-refractivity contribution >= 4 is 28.9 Å². The highest BCUT2D eigenvalue weighted by Gasteiger charge is 2.16. The lowest BCUT2D eigenvalue weighted by atomic mass is 9.98. The van der Waals surface area contributed by atoms with Crippen LogP contribution in [0.25, 0.3) is 28.2 Å². The van der Waals surface area contributed by atoms with Crippen LogP contribution in [-0.2, 0) is 14.3 Å². The van der Waals surface area contributed by atoms with E-state index in [2.05, 4.69) is 4.74 Å². The molecule has 148 valence electrons. The maximum Gasteiger partial charge on any atom is 0.330 e. The fourth-order valence-corrected chi connectivity index (χ4v) is 3.38. The summed E-state index contributed by atoms with van der Waals surface area (Å²) < 4.78 is 16.0. The number of morpholine rings is 1. The molecule has 1 fully saturated rings. The average Bonchev–Trinajstić information content (AvgIpc) is 2.78. The largest absolute Gasteiger partial charge is 0.466 e. The fraction of sp³-hybridized carbons (Fsp3) is 0.217. The molecule has 1 aromatic heterocycles. The molecule has 29 heavy (non-hydrogen) atoms. The molecular weight excluding hydrogens is 370 g/mol. The van der Waals surface area contributed by atoms with Crippen molar-refractivity contribution < 1.29 is 18.7 Å². The Labute approximate surface area is 168 Å². The van der Waals surface area contributed by atoms with E-state index in [0.29, 0.717) is 43.2 Å². The number of anilines is 1. The molecule has 0 atom stereocenters. The van der Waals surface area contributed by atoms with Crippen LogP contribution in [0, 0.1) is 0 Å². The van der Waals surface area contributed by atoms with Crippen molar-refractivity contribution in [2.45, 2.75) is 0 Å². The Balaban J connectivity index is 1.73. The van der Waals surface area contributed by atoms with E-state index in [1.54, 1.807) is 12.1 Å². The SMILES string of the molecule is COC(=O)/C=C/c1ccccc1-c1ccc2oc(N3CCOCC3)cc(=O)c2c1. The molecule has 2 heterocycles. The van der Waals surface area contributed by atoms with Gasteiger partial charge in [-0.25, -0.2) is 4.79 Å². The molecular formula is C23H21NO5. The number of carbonyl (C=O) groups is 1. The summed E-state index contributed by atoms with van der Waals surface area (Å²) in [7, 11) is 1.34. The average molecular weight is 391 g/mol.